The molecule has 0 saturated carbocycles. The second kappa shape index (κ2) is 6.95. The average Bonchev–Trinajstić information content (AvgIpc) is 2.94. The van der Waals surface area contributed by atoms with E-state index in [1.807, 2.05) is 31.2 Å². The fourth-order valence-electron chi connectivity index (χ4n) is 2.64. The van der Waals surface area contributed by atoms with Gasteiger partial charge in [0.1, 0.15) is 0 Å². The molecule has 0 bridgehead atoms. The molecule has 2 N–H and O–H groups in total. The molecular formula is C15H21ClN2O2. The van der Waals surface area contributed by atoms with Gasteiger partial charge in [-0.25, -0.2) is 4.79 Å². The molecule has 0 aliphatic carbocycles. The van der Waals surface area contributed by atoms with Crippen LogP contribution < -0.4 is 5.32 Å². The number of nitrogens with one attached hydrogen (secondary N) is 1. The van der Waals surface area contributed by atoms with E-state index in [2.05, 4.69) is 5.32 Å². The highest BCUT2D eigenvalue weighted by molar-refractivity contribution is 6.30. The predicted molar refractivity (Wildman–Crippen MR) is 79.8 cm³/mol. The third-order valence-electron chi connectivity index (χ3n) is 3.83. The van der Waals surface area contributed by atoms with E-state index in [-0.39, 0.29) is 24.7 Å². The summed E-state index contributed by atoms with van der Waals surface area (Å²) in [6, 6.07) is 7.37. The van der Waals surface area contributed by atoms with Crippen LogP contribution in [0.25, 0.3) is 0 Å². The molecule has 110 valence electrons. The molecule has 5 heteroatoms. The van der Waals surface area contributed by atoms with E-state index in [0.717, 1.165) is 24.8 Å². The van der Waals surface area contributed by atoms with Crippen LogP contribution in [0.1, 0.15) is 37.8 Å². The molecule has 1 heterocycles. The molecule has 20 heavy (non-hydrogen) atoms. The summed E-state index contributed by atoms with van der Waals surface area (Å²) >= 11 is 5.88. The van der Waals surface area contributed by atoms with Crippen LogP contribution in [0.4, 0.5) is 4.79 Å². The largest absolute Gasteiger partial charge is 0.394 e. The van der Waals surface area contributed by atoms with Gasteiger partial charge in [-0.15, -0.1) is 0 Å². The lowest BCUT2D eigenvalue weighted by Crippen LogP contribution is -2.45. The van der Waals surface area contributed by atoms with E-state index in [1.165, 1.54) is 0 Å². The van der Waals surface area contributed by atoms with Gasteiger partial charge < -0.3 is 15.3 Å². The first-order valence-corrected chi connectivity index (χ1v) is 7.47. The minimum atomic E-state index is -0.0941. The third-order valence-corrected chi connectivity index (χ3v) is 4.08. The maximum atomic E-state index is 12.3. The molecule has 1 saturated heterocycles. The number of carbonyl (C=O) groups excluding carboxylic acids is 1. The zero-order chi connectivity index (χ0) is 14.5. The second-order valence-corrected chi connectivity index (χ2v) is 5.57. The van der Waals surface area contributed by atoms with Crippen molar-refractivity contribution in [1.82, 2.24) is 10.2 Å². The Morgan fingerprint density at radius 3 is 2.80 bits per heavy atom. The van der Waals surface area contributed by atoms with Gasteiger partial charge in [-0.05, 0) is 37.0 Å². The normalized spacial score (nSPS) is 19.9. The summed E-state index contributed by atoms with van der Waals surface area (Å²) < 4.78 is 0. The minimum Gasteiger partial charge on any atom is -0.394 e. The maximum absolute atomic E-state index is 12.3. The number of hydrogen-bond acceptors (Lipinski definition) is 2. The van der Waals surface area contributed by atoms with Gasteiger partial charge in [0.25, 0.3) is 0 Å². The summed E-state index contributed by atoms with van der Waals surface area (Å²) in [4.78, 5) is 14.0. The molecule has 2 amide bonds. The van der Waals surface area contributed by atoms with Crippen LogP contribution in [0.2, 0.25) is 5.02 Å². The van der Waals surface area contributed by atoms with E-state index in [1.54, 1.807) is 4.90 Å². The number of urea groups is 1. The highest BCUT2D eigenvalue weighted by atomic mass is 35.5. The van der Waals surface area contributed by atoms with Gasteiger partial charge in [0.2, 0.25) is 0 Å². The van der Waals surface area contributed by atoms with Gasteiger partial charge in [-0.2, -0.15) is 0 Å². The first-order chi connectivity index (χ1) is 9.65. The Hall–Kier alpha value is -1.26. The minimum absolute atomic E-state index is 0.0280. The maximum Gasteiger partial charge on any atom is 0.318 e. The van der Waals surface area contributed by atoms with Crippen LogP contribution in [-0.4, -0.2) is 35.2 Å². The lowest BCUT2D eigenvalue weighted by atomic mass is 10.1. The zero-order valence-electron chi connectivity index (χ0n) is 11.7. The fraction of sp³-hybridized carbons (Fsp3) is 0.533. The molecular weight excluding hydrogens is 276 g/mol. The first-order valence-electron chi connectivity index (χ1n) is 7.09. The van der Waals surface area contributed by atoms with Gasteiger partial charge in [-0.1, -0.05) is 30.7 Å². The Morgan fingerprint density at radius 1 is 1.50 bits per heavy atom. The Balaban J connectivity index is 2.02. The highest BCUT2D eigenvalue weighted by Gasteiger charge is 2.29. The van der Waals surface area contributed by atoms with Crippen molar-refractivity contribution < 1.29 is 9.90 Å². The van der Waals surface area contributed by atoms with E-state index in [0.29, 0.717) is 11.6 Å². The number of hydrogen-bond donors (Lipinski definition) is 2. The number of likely N-dealkylation sites (tertiary alicyclic amines) is 1. The van der Waals surface area contributed by atoms with Crippen LogP contribution in [0.15, 0.2) is 24.3 Å². The molecule has 4 nitrogen and oxygen atoms in total. The average molecular weight is 297 g/mol. The lowest BCUT2D eigenvalue weighted by molar-refractivity contribution is 0.154. The lowest BCUT2D eigenvalue weighted by Gasteiger charge is -2.26. The van der Waals surface area contributed by atoms with Gasteiger partial charge in [0.05, 0.1) is 18.7 Å². The smallest absolute Gasteiger partial charge is 0.318 e. The number of rotatable bonds is 4. The van der Waals surface area contributed by atoms with Gasteiger partial charge in [0.15, 0.2) is 0 Å². The van der Waals surface area contributed by atoms with Crippen LogP contribution in [0.3, 0.4) is 0 Å². The summed E-state index contributed by atoms with van der Waals surface area (Å²) in [6.45, 7) is 2.78. The Morgan fingerprint density at radius 2 is 2.20 bits per heavy atom. The van der Waals surface area contributed by atoms with Crippen molar-refractivity contribution in [3.8, 4) is 0 Å². The van der Waals surface area contributed by atoms with Gasteiger partial charge in [-0.3, -0.25) is 0 Å². The summed E-state index contributed by atoms with van der Waals surface area (Å²) in [7, 11) is 0. The van der Waals surface area contributed by atoms with Crippen molar-refractivity contribution in [1.29, 1.82) is 0 Å². The van der Waals surface area contributed by atoms with E-state index >= 15 is 0 Å². The van der Waals surface area contributed by atoms with E-state index in [9.17, 15) is 9.90 Å². The predicted octanol–water partition coefficient (Wildman–Crippen LogP) is 2.96. The number of halogens is 1. The molecule has 1 aromatic rings. The number of aliphatic hydroxyl groups is 1. The molecule has 2 unspecified atom stereocenters. The number of nitrogens with zero attached hydrogens (tertiary/aromatic N) is 1. The summed E-state index contributed by atoms with van der Waals surface area (Å²) in [5.74, 6) is 0. The molecule has 1 aliphatic rings. The highest BCUT2D eigenvalue weighted by Crippen LogP contribution is 2.21. The van der Waals surface area contributed by atoms with Gasteiger partial charge >= 0.3 is 6.03 Å². The Kier molecular flexibility index (Phi) is 5.26. The molecule has 2 rings (SSSR count). The summed E-state index contributed by atoms with van der Waals surface area (Å²) in [6.07, 6.45) is 2.64. The molecule has 1 aliphatic heterocycles. The molecule has 1 aromatic carbocycles. The van der Waals surface area contributed by atoms with Crippen molar-refractivity contribution in [3.63, 3.8) is 0 Å². The quantitative estimate of drug-likeness (QED) is 0.897. The molecule has 0 radical (unpaired) electrons. The molecule has 0 aromatic heterocycles. The molecule has 2 atom stereocenters. The third kappa shape index (κ3) is 3.44. The summed E-state index contributed by atoms with van der Waals surface area (Å²) in [5.41, 5.74) is 1.05. The van der Waals surface area contributed by atoms with Crippen LogP contribution in [0.5, 0.6) is 0 Å². The monoisotopic (exact) mass is 296 g/mol. The molecule has 1 fully saturated rings. The zero-order valence-corrected chi connectivity index (χ0v) is 12.4. The van der Waals surface area contributed by atoms with Gasteiger partial charge in [0, 0.05) is 11.6 Å². The van der Waals surface area contributed by atoms with Crippen LogP contribution in [-0.2, 0) is 0 Å². The Labute approximate surface area is 124 Å². The second-order valence-electron chi connectivity index (χ2n) is 5.13. The molecule has 0 spiro atoms. The van der Waals surface area contributed by atoms with Crippen molar-refractivity contribution in [3.05, 3.63) is 34.9 Å². The first kappa shape index (κ1) is 15.1. The standard InChI is InChI=1S/C15H21ClN2O2/c1-2-14(11-5-7-12(16)8-6-11)17-15(20)18-9-3-4-13(18)10-19/h5-8,13-14,19H,2-4,9-10H2,1H3,(H,17,20). The van der Waals surface area contributed by atoms with Crippen molar-refractivity contribution in [2.75, 3.05) is 13.2 Å². The van der Waals surface area contributed by atoms with E-state index in [4.69, 9.17) is 11.6 Å². The van der Waals surface area contributed by atoms with Crippen molar-refractivity contribution in [2.45, 2.75) is 38.3 Å². The topological polar surface area (TPSA) is 52.6 Å². The summed E-state index contributed by atoms with van der Waals surface area (Å²) in [5, 5.41) is 13.0. The van der Waals surface area contributed by atoms with E-state index < -0.39 is 0 Å². The Bertz CT molecular complexity index is 450. The van der Waals surface area contributed by atoms with Crippen LogP contribution in [0, 0.1) is 0 Å². The number of aliphatic hydroxyl groups excluding tert-OH is 1. The van der Waals surface area contributed by atoms with Crippen molar-refractivity contribution >= 4 is 17.6 Å². The number of carbonyl (C=O) groups is 1. The van der Waals surface area contributed by atoms with Crippen LogP contribution >= 0.6 is 11.6 Å². The SMILES string of the molecule is CCC(NC(=O)N1CCCC1CO)c1ccc(Cl)cc1. The number of benzene rings is 1. The fourth-order valence-corrected chi connectivity index (χ4v) is 2.77. The number of amides is 2. The van der Waals surface area contributed by atoms with Crippen molar-refractivity contribution in [2.24, 2.45) is 0 Å².